The first-order valence-corrected chi connectivity index (χ1v) is 5.01. The van der Waals surface area contributed by atoms with Crippen LogP contribution < -0.4 is 4.74 Å². The molecule has 1 aromatic rings. The van der Waals surface area contributed by atoms with E-state index in [4.69, 9.17) is 9.47 Å². The topological polar surface area (TPSA) is 52.6 Å². The number of carbonyl (C=O) groups excluding carboxylic acids is 2. The summed E-state index contributed by atoms with van der Waals surface area (Å²) in [5, 5.41) is 0. The van der Waals surface area contributed by atoms with Crippen molar-refractivity contribution in [1.82, 2.24) is 0 Å². The van der Waals surface area contributed by atoms with Crippen LogP contribution in [0.4, 0.5) is 0 Å². The van der Waals surface area contributed by atoms with E-state index in [0.29, 0.717) is 17.9 Å². The average molecular weight is 222 g/mol. The van der Waals surface area contributed by atoms with Crippen molar-refractivity contribution < 1.29 is 19.1 Å². The highest BCUT2D eigenvalue weighted by Crippen LogP contribution is 2.18. The summed E-state index contributed by atoms with van der Waals surface area (Å²) in [6, 6.07) is 5.06. The van der Waals surface area contributed by atoms with E-state index in [2.05, 4.69) is 0 Å². The first-order chi connectivity index (χ1) is 7.67. The molecule has 4 heteroatoms. The number of esters is 1. The first kappa shape index (κ1) is 12.2. The third-order valence-electron chi connectivity index (χ3n) is 2.00. The van der Waals surface area contributed by atoms with Crippen molar-refractivity contribution in [2.75, 3.05) is 13.2 Å². The van der Waals surface area contributed by atoms with Gasteiger partial charge in [0.2, 0.25) is 0 Å². The molecule has 0 heterocycles. The second kappa shape index (κ2) is 5.90. The molecule has 86 valence electrons. The molecule has 4 nitrogen and oxygen atoms in total. The minimum atomic E-state index is -0.418. The van der Waals surface area contributed by atoms with Crippen LogP contribution in [0.3, 0.4) is 0 Å². The van der Waals surface area contributed by atoms with Crippen LogP contribution in [0.5, 0.6) is 5.75 Å². The Morgan fingerprint density at radius 1 is 1.44 bits per heavy atom. The molecule has 0 bridgehead atoms. The van der Waals surface area contributed by atoms with Gasteiger partial charge in [-0.2, -0.15) is 0 Å². The highest BCUT2D eigenvalue weighted by molar-refractivity contribution is 5.76. The fraction of sp³-hybridized carbons (Fsp3) is 0.333. The molecule has 0 spiro atoms. The van der Waals surface area contributed by atoms with Gasteiger partial charge in [-0.05, 0) is 25.5 Å². The zero-order valence-corrected chi connectivity index (χ0v) is 9.36. The number of carbonyl (C=O) groups is 2. The maximum atomic E-state index is 11.1. The van der Waals surface area contributed by atoms with Gasteiger partial charge in [0, 0.05) is 5.56 Å². The minimum Gasteiger partial charge on any atom is -0.482 e. The molecule has 0 unspecified atom stereocenters. The molecule has 1 aromatic carbocycles. The number of hydrogen-bond donors (Lipinski definition) is 0. The number of ether oxygens (including phenoxy) is 2. The van der Waals surface area contributed by atoms with Crippen LogP contribution in [0.15, 0.2) is 18.2 Å². The summed E-state index contributed by atoms with van der Waals surface area (Å²) in [5.74, 6) is 0.107. The molecule has 16 heavy (non-hydrogen) atoms. The Kier molecular flexibility index (Phi) is 4.51. The first-order valence-electron chi connectivity index (χ1n) is 5.01. The average Bonchev–Trinajstić information content (AvgIpc) is 2.28. The Morgan fingerprint density at radius 2 is 2.19 bits per heavy atom. The lowest BCUT2D eigenvalue weighted by molar-refractivity contribution is -0.145. The van der Waals surface area contributed by atoms with E-state index in [0.717, 1.165) is 11.8 Å². The molecular weight excluding hydrogens is 208 g/mol. The number of aryl methyl sites for hydroxylation is 1. The van der Waals surface area contributed by atoms with Crippen molar-refractivity contribution in [1.29, 1.82) is 0 Å². The molecule has 0 N–H and O–H groups in total. The Balaban J connectivity index is 2.65. The van der Waals surface area contributed by atoms with Crippen LogP contribution in [0, 0.1) is 6.92 Å². The molecule has 0 amide bonds. The normalized spacial score (nSPS) is 9.62. The van der Waals surface area contributed by atoms with Crippen LogP contribution in [0.2, 0.25) is 0 Å². The highest BCUT2D eigenvalue weighted by Gasteiger charge is 2.05. The molecule has 1 rings (SSSR count). The van der Waals surface area contributed by atoms with Gasteiger partial charge in [0.1, 0.15) is 12.0 Å². The molecule has 0 saturated heterocycles. The lowest BCUT2D eigenvalue weighted by Crippen LogP contribution is -2.15. The summed E-state index contributed by atoms with van der Waals surface area (Å²) in [7, 11) is 0. The van der Waals surface area contributed by atoms with Crippen LogP contribution in [-0.2, 0) is 9.53 Å². The van der Waals surface area contributed by atoms with E-state index < -0.39 is 5.97 Å². The third-order valence-corrected chi connectivity index (χ3v) is 2.00. The lowest BCUT2D eigenvalue weighted by atomic mass is 10.1. The van der Waals surface area contributed by atoms with E-state index in [1.54, 1.807) is 25.1 Å². The van der Waals surface area contributed by atoms with Crippen molar-refractivity contribution in [3.05, 3.63) is 29.3 Å². The summed E-state index contributed by atoms with van der Waals surface area (Å²) in [6.07, 6.45) is 0.733. The molecule has 0 aromatic heterocycles. The smallest absolute Gasteiger partial charge is 0.344 e. The van der Waals surface area contributed by atoms with E-state index >= 15 is 0 Å². The van der Waals surface area contributed by atoms with Crippen molar-refractivity contribution in [3.63, 3.8) is 0 Å². The molecule has 0 fully saturated rings. The van der Waals surface area contributed by atoms with Crippen molar-refractivity contribution in [3.8, 4) is 5.75 Å². The SMILES string of the molecule is CCOC(=O)COc1cc(C=O)ccc1C. The predicted molar refractivity (Wildman–Crippen MR) is 58.7 cm³/mol. The molecule has 0 aliphatic heterocycles. The van der Waals surface area contributed by atoms with Gasteiger partial charge in [0.15, 0.2) is 6.61 Å². The summed E-state index contributed by atoms with van der Waals surface area (Å²) < 4.78 is 9.99. The Morgan fingerprint density at radius 3 is 2.81 bits per heavy atom. The predicted octanol–water partition coefficient (Wildman–Crippen LogP) is 1.75. The lowest BCUT2D eigenvalue weighted by Gasteiger charge is -2.08. The Labute approximate surface area is 94.2 Å². The zero-order chi connectivity index (χ0) is 12.0. The van der Waals surface area contributed by atoms with E-state index in [-0.39, 0.29) is 6.61 Å². The maximum absolute atomic E-state index is 11.1. The van der Waals surface area contributed by atoms with Crippen molar-refractivity contribution >= 4 is 12.3 Å². The molecular formula is C12H14O4. The zero-order valence-electron chi connectivity index (χ0n) is 9.36. The number of hydrogen-bond acceptors (Lipinski definition) is 4. The molecule has 0 aliphatic carbocycles. The molecule has 0 radical (unpaired) electrons. The van der Waals surface area contributed by atoms with Gasteiger partial charge >= 0.3 is 5.97 Å². The van der Waals surface area contributed by atoms with Gasteiger partial charge in [0.05, 0.1) is 6.61 Å². The largest absolute Gasteiger partial charge is 0.482 e. The fourth-order valence-electron chi connectivity index (χ4n) is 1.18. The molecule has 0 aliphatic rings. The van der Waals surface area contributed by atoms with Gasteiger partial charge in [-0.15, -0.1) is 0 Å². The van der Waals surface area contributed by atoms with Crippen molar-refractivity contribution in [2.45, 2.75) is 13.8 Å². The quantitative estimate of drug-likeness (QED) is 0.562. The summed E-state index contributed by atoms with van der Waals surface area (Å²) >= 11 is 0. The number of aldehydes is 1. The van der Waals surface area contributed by atoms with Crippen LogP contribution in [-0.4, -0.2) is 25.5 Å². The van der Waals surface area contributed by atoms with E-state index in [1.165, 1.54) is 0 Å². The van der Waals surface area contributed by atoms with Crippen LogP contribution in [0.25, 0.3) is 0 Å². The van der Waals surface area contributed by atoms with Gasteiger partial charge in [-0.3, -0.25) is 4.79 Å². The summed E-state index contributed by atoms with van der Waals surface area (Å²) in [5.41, 5.74) is 1.39. The van der Waals surface area contributed by atoms with Crippen LogP contribution in [0.1, 0.15) is 22.8 Å². The van der Waals surface area contributed by atoms with Gasteiger partial charge < -0.3 is 9.47 Å². The van der Waals surface area contributed by atoms with E-state index in [1.807, 2.05) is 6.92 Å². The summed E-state index contributed by atoms with van der Waals surface area (Å²) in [4.78, 5) is 21.6. The summed E-state index contributed by atoms with van der Waals surface area (Å²) in [6.45, 7) is 3.76. The minimum absolute atomic E-state index is 0.142. The second-order valence-corrected chi connectivity index (χ2v) is 3.24. The Bertz CT molecular complexity index is 385. The van der Waals surface area contributed by atoms with Gasteiger partial charge in [-0.1, -0.05) is 12.1 Å². The number of rotatable bonds is 5. The van der Waals surface area contributed by atoms with Crippen molar-refractivity contribution in [2.24, 2.45) is 0 Å². The maximum Gasteiger partial charge on any atom is 0.344 e. The van der Waals surface area contributed by atoms with Gasteiger partial charge in [-0.25, -0.2) is 4.79 Å². The van der Waals surface area contributed by atoms with E-state index in [9.17, 15) is 9.59 Å². The fourth-order valence-corrected chi connectivity index (χ4v) is 1.18. The second-order valence-electron chi connectivity index (χ2n) is 3.24. The van der Waals surface area contributed by atoms with Gasteiger partial charge in [0.25, 0.3) is 0 Å². The third kappa shape index (κ3) is 3.38. The molecule has 0 saturated carbocycles. The monoisotopic (exact) mass is 222 g/mol. The number of benzene rings is 1. The van der Waals surface area contributed by atoms with Crippen LogP contribution >= 0.6 is 0 Å². The highest BCUT2D eigenvalue weighted by atomic mass is 16.6. The Hall–Kier alpha value is -1.84. The molecule has 0 atom stereocenters. The standard InChI is InChI=1S/C12H14O4/c1-3-15-12(14)8-16-11-6-10(7-13)5-4-9(11)2/h4-7H,3,8H2,1-2H3.